The monoisotopic (exact) mass is 430 g/mol. The molecule has 144 valence electrons. The van der Waals surface area contributed by atoms with Gasteiger partial charge in [-0.3, -0.25) is 4.79 Å². The molecule has 0 fully saturated rings. The Morgan fingerprint density at radius 2 is 1.75 bits per heavy atom. The van der Waals surface area contributed by atoms with Gasteiger partial charge in [0, 0.05) is 22.0 Å². The Bertz CT molecular complexity index is 948. The van der Waals surface area contributed by atoms with Crippen molar-refractivity contribution >= 4 is 40.9 Å². The highest BCUT2D eigenvalue weighted by Crippen LogP contribution is 2.25. The molecule has 0 atom stereocenters. The van der Waals surface area contributed by atoms with Gasteiger partial charge in [-0.25, -0.2) is 9.97 Å². The summed E-state index contributed by atoms with van der Waals surface area (Å²) in [6.07, 6.45) is 0. The molecule has 1 aromatic heterocycles. The van der Waals surface area contributed by atoms with Crippen LogP contribution >= 0.6 is 35.1 Å². The van der Waals surface area contributed by atoms with Gasteiger partial charge in [0.2, 0.25) is 0 Å². The molecule has 0 unspecified atom stereocenters. The molecule has 7 heteroatoms. The molecule has 0 N–H and O–H groups in total. The quantitative estimate of drug-likeness (QED) is 0.197. The summed E-state index contributed by atoms with van der Waals surface area (Å²) < 4.78 is 5.12. The second kappa shape index (κ2) is 9.96. The number of rotatable bonds is 8. The normalized spacial score (nSPS) is 10.7. The molecule has 0 aliphatic rings. The average Bonchev–Trinajstić information content (AvgIpc) is 2.71. The zero-order chi connectivity index (χ0) is 19.9. The highest BCUT2D eigenvalue weighted by molar-refractivity contribution is 8.00. The van der Waals surface area contributed by atoms with Crippen molar-refractivity contribution in [3.05, 3.63) is 76.4 Å². The average molecular weight is 431 g/mol. The first-order valence-electron chi connectivity index (χ1n) is 8.56. The number of Topliss-reactive ketones (excluding diaryl/α,β-unsaturated/α-hetero) is 1. The van der Waals surface area contributed by atoms with E-state index < -0.39 is 0 Å². The van der Waals surface area contributed by atoms with Gasteiger partial charge in [0.1, 0.15) is 10.8 Å². The number of aromatic nitrogens is 2. The van der Waals surface area contributed by atoms with Crippen molar-refractivity contribution in [1.82, 2.24) is 9.97 Å². The lowest BCUT2D eigenvalue weighted by Gasteiger charge is -2.06. The fourth-order valence-electron chi connectivity index (χ4n) is 2.38. The van der Waals surface area contributed by atoms with Crippen LogP contribution in [0.25, 0.3) is 0 Å². The Kier molecular flexibility index (Phi) is 7.36. The van der Waals surface area contributed by atoms with Crippen LogP contribution in [0.1, 0.15) is 21.6 Å². The van der Waals surface area contributed by atoms with Gasteiger partial charge in [0.25, 0.3) is 0 Å². The molecule has 2 aromatic carbocycles. The molecule has 3 rings (SSSR count). The topological polar surface area (TPSA) is 52.1 Å². The van der Waals surface area contributed by atoms with Crippen molar-refractivity contribution < 1.29 is 9.53 Å². The van der Waals surface area contributed by atoms with E-state index in [4.69, 9.17) is 16.3 Å². The maximum Gasteiger partial charge on any atom is 0.189 e. The maximum atomic E-state index is 12.4. The largest absolute Gasteiger partial charge is 0.497 e. The fraction of sp³-hybridized carbons (Fsp3) is 0.190. The Morgan fingerprint density at radius 3 is 2.43 bits per heavy atom. The van der Waals surface area contributed by atoms with Crippen LogP contribution in [0.2, 0.25) is 5.02 Å². The van der Waals surface area contributed by atoms with Crippen LogP contribution in [0.3, 0.4) is 0 Å². The molecule has 0 spiro atoms. The minimum Gasteiger partial charge on any atom is -0.497 e. The van der Waals surface area contributed by atoms with Crippen LogP contribution in [0, 0.1) is 6.92 Å². The second-order valence-electron chi connectivity index (χ2n) is 5.99. The smallest absolute Gasteiger partial charge is 0.189 e. The van der Waals surface area contributed by atoms with Gasteiger partial charge in [-0.05, 0) is 55.0 Å². The van der Waals surface area contributed by atoms with Gasteiger partial charge in [-0.1, -0.05) is 47.3 Å². The van der Waals surface area contributed by atoms with Crippen LogP contribution in [0.4, 0.5) is 0 Å². The number of carbonyl (C=O) groups excluding carboxylic acids is 1. The van der Waals surface area contributed by atoms with Crippen LogP contribution in [-0.4, -0.2) is 28.6 Å². The van der Waals surface area contributed by atoms with Gasteiger partial charge in [-0.15, -0.1) is 0 Å². The number of ketones is 1. The number of benzene rings is 2. The Labute approximate surface area is 178 Å². The minimum absolute atomic E-state index is 0.0549. The van der Waals surface area contributed by atoms with Crippen LogP contribution < -0.4 is 4.74 Å². The zero-order valence-corrected chi connectivity index (χ0v) is 17.9. The summed E-state index contributed by atoms with van der Waals surface area (Å²) in [6.45, 7) is 1.93. The number of methoxy groups -OCH3 is 1. The molecular weight excluding hydrogens is 412 g/mol. The maximum absolute atomic E-state index is 12.4. The molecule has 0 amide bonds. The lowest BCUT2D eigenvalue weighted by molar-refractivity contribution is 0.102. The SMILES string of the molecule is COc1ccc(C(=O)CSc2cc(C)nc(SCc3ccc(Cl)cc3)n2)cc1. The van der Waals surface area contributed by atoms with Crippen LogP contribution in [0.15, 0.2) is 64.8 Å². The first-order valence-corrected chi connectivity index (χ1v) is 10.9. The number of hydrogen-bond donors (Lipinski definition) is 0. The van der Waals surface area contributed by atoms with Crippen molar-refractivity contribution in [2.75, 3.05) is 12.9 Å². The van der Waals surface area contributed by atoms with E-state index in [-0.39, 0.29) is 5.78 Å². The van der Waals surface area contributed by atoms with E-state index in [0.29, 0.717) is 16.5 Å². The highest BCUT2D eigenvalue weighted by atomic mass is 35.5. The van der Waals surface area contributed by atoms with E-state index in [2.05, 4.69) is 9.97 Å². The number of aryl methyl sites for hydroxylation is 1. The first-order chi connectivity index (χ1) is 13.5. The van der Waals surface area contributed by atoms with Gasteiger partial charge < -0.3 is 4.74 Å². The fourth-order valence-corrected chi connectivity index (χ4v) is 4.27. The molecule has 3 aromatic rings. The summed E-state index contributed by atoms with van der Waals surface area (Å²) in [5.74, 6) is 1.87. The second-order valence-corrected chi connectivity index (χ2v) is 8.36. The predicted octanol–water partition coefficient (Wildman–Crippen LogP) is 5.71. The molecule has 0 saturated carbocycles. The highest BCUT2D eigenvalue weighted by Gasteiger charge is 2.10. The van der Waals surface area contributed by atoms with Crippen molar-refractivity contribution in [2.24, 2.45) is 0 Å². The van der Waals surface area contributed by atoms with Crippen LogP contribution in [0.5, 0.6) is 5.75 Å². The van der Waals surface area contributed by atoms with Gasteiger partial charge in [0.15, 0.2) is 10.9 Å². The van der Waals surface area contributed by atoms with Gasteiger partial charge in [-0.2, -0.15) is 0 Å². The number of ether oxygens (including phenoxy) is 1. The van der Waals surface area contributed by atoms with Crippen molar-refractivity contribution in [3.8, 4) is 5.75 Å². The molecule has 0 aliphatic heterocycles. The summed E-state index contributed by atoms with van der Waals surface area (Å²) in [7, 11) is 1.60. The van der Waals surface area contributed by atoms with Crippen LogP contribution in [-0.2, 0) is 5.75 Å². The molecule has 1 heterocycles. The number of hydrogen-bond acceptors (Lipinski definition) is 6. The number of carbonyl (C=O) groups is 1. The molecule has 28 heavy (non-hydrogen) atoms. The van der Waals surface area contributed by atoms with Crippen molar-refractivity contribution in [2.45, 2.75) is 22.9 Å². The predicted molar refractivity (Wildman–Crippen MR) is 116 cm³/mol. The molecule has 0 aliphatic carbocycles. The summed E-state index contributed by atoms with van der Waals surface area (Å²) in [5, 5.41) is 2.23. The lowest BCUT2D eigenvalue weighted by Crippen LogP contribution is -2.03. The molecular formula is C21H19ClN2O2S2. The standard InChI is InChI=1S/C21H19ClN2O2S2/c1-14-11-20(27-13-19(25)16-5-9-18(26-2)10-6-16)24-21(23-14)28-12-15-3-7-17(22)8-4-15/h3-11H,12-13H2,1-2H3. The van der Waals surface area contributed by atoms with Crippen molar-refractivity contribution in [3.63, 3.8) is 0 Å². The summed E-state index contributed by atoms with van der Waals surface area (Å²) in [5.41, 5.74) is 2.70. The number of halogens is 1. The summed E-state index contributed by atoms with van der Waals surface area (Å²) >= 11 is 8.91. The van der Waals surface area contributed by atoms with E-state index in [0.717, 1.165) is 32.8 Å². The third-order valence-corrected chi connectivity index (χ3v) is 5.94. The van der Waals surface area contributed by atoms with Gasteiger partial charge in [0.05, 0.1) is 12.9 Å². The minimum atomic E-state index is 0.0549. The van der Waals surface area contributed by atoms with Crippen molar-refractivity contribution in [1.29, 1.82) is 0 Å². The summed E-state index contributed by atoms with van der Waals surface area (Å²) in [6, 6.07) is 16.8. The zero-order valence-electron chi connectivity index (χ0n) is 15.5. The summed E-state index contributed by atoms with van der Waals surface area (Å²) in [4.78, 5) is 21.5. The van der Waals surface area contributed by atoms with Gasteiger partial charge >= 0.3 is 0 Å². The number of nitrogens with zero attached hydrogens (tertiary/aromatic N) is 2. The first kappa shape index (κ1) is 20.7. The van der Waals surface area contributed by atoms with E-state index >= 15 is 0 Å². The molecule has 0 bridgehead atoms. The lowest BCUT2D eigenvalue weighted by atomic mass is 10.1. The third-order valence-electron chi connectivity index (χ3n) is 3.85. The molecule has 0 saturated heterocycles. The third kappa shape index (κ3) is 5.99. The van der Waals surface area contributed by atoms with E-state index in [9.17, 15) is 4.79 Å². The van der Waals surface area contributed by atoms with E-state index in [1.807, 2.05) is 37.3 Å². The number of thioether (sulfide) groups is 2. The Balaban J connectivity index is 1.60. The van der Waals surface area contributed by atoms with E-state index in [1.54, 1.807) is 43.1 Å². The Morgan fingerprint density at radius 1 is 1.04 bits per heavy atom. The molecule has 0 radical (unpaired) electrons. The van der Waals surface area contributed by atoms with E-state index in [1.165, 1.54) is 11.8 Å². The Hall–Kier alpha value is -2.02. The molecule has 4 nitrogen and oxygen atoms in total.